The smallest absolute Gasteiger partial charge is 0.321 e. The largest absolute Gasteiger partial charge is 0.324 e. The summed E-state index contributed by atoms with van der Waals surface area (Å²) < 4.78 is 13.7. The van der Waals surface area contributed by atoms with Crippen LogP contribution in [0, 0.1) is 18.7 Å². The summed E-state index contributed by atoms with van der Waals surface area (Å²) in [6, 6.07) is 2.92. The van der Waals surface area contributed by atoms with Gasteiger partial charge in [-0.3, -0.25) is 0 Å². The Bertz CT molecular complexity index is 493. The third-order valence-corrected chi connectivity index (χ3v) is 4.06. The Hall–Kier alpha value is -1.10. The van der Waals surface area contributed by atoms with E-state index in [1.807, 2.05) is 4.90 Å². The van der Waals surface area contributed by atoms with Crippen molar-refractivity contribution in [2.45, 2.75) is 26.7 Å². The predicted octanol–water partition coefficient (Wildman–Crippen LogP) is 4.16. The van der Waals surface area contributed by atoms with Gasteiger partial charge in [-0.2, -0.15) is 0 Å². The maximum absolute atomic E-state index is 13.3. The number of hydrogen-bond acceptors (Lipinski definition) is 1. The lowest BCUT2D eigenvalue weighted by molar-refractivity contribution is 0.182. The van der Waals surface area contributed by atoms with Crippen LogP contribution in [0.5, 0.6) is 0 Å². The zero-order chi connectivity index (χ0) is 14.0. The van der Waals surface area contributed by atoms with Gasteiger partial charge < -0.3 is 10.2 Å². The van der Waals surface area contributed by atoms with Crippen molar-refractivity contribution >= 4 is 27.6 Å². The number of aryl methyl sites for hydroxylation is 1. The first-order valence-electron chi connectivity index (χ1n) is 6.49. The number of anilines is 1. The van der Waals surface area contributed by atoms with Gasteiger partial charge in [0.15, 0.2) is 0 Å². The van der Waals surface area contributed by atoms with E-state index in [9.17, 15) is 9.18 Å². The minimum atomic E-state index is -0.318. The van der Waals surface area contributed by atoms with Crippen LogP contribution < -0.4 is 5.32 Å². The van der Waals surface area contributed by atoms with Gasteiger partial charge in [0.05, 0.1) is 4.47 Å². The highest BCUT2D eigenvalue weighted by Gasteiger charge is 2.21. The number of nitrogens with zero attached hydrogens (tertiary/aromatic N) is 1. The van der Waals surface area contributed by atoms with Crippen molar-refractivity contribution in [2.24, 2.45) is 5.92 Å². The zero-order valence-corrected chi connectivity index (χ0v) is 12.8. The van der Waals surface area contributed by atoms with Crippen molar-refractivity contribution in [2.75, 3.05) is 18.4 Å². The minimum absolute atomic E-state index is 0.104. The van der Waals surface area contributed by atoms with E-state index in [0.717, 1.165) is 25.1 Å². The van der Waals surface area contributed by atoms with E-state index in [-0.39, 0.29) is 11.8 Å². The number of nitrogens with one attached hydrogen (secondary N) is 1. The van der Waals surface area contributed by atoms with Crippen molar-refractivity contribution in [3.8, 4) is 0 Å². The van der Waals surface area contributed by atoms with Crippen molar-refractivity contribution in [3.63, 3.8) is 0 Å². The van der Waals surface area contributed by atoms with Gasteiger partial charge in [0.2, 0.25) is 0 Å². The zero-order valence-electron chi connectivity index (χ0n) is 11.2. The van der Waals surface area contributed by atoms with Gasteiger partial charge in [0.25, 0.3) is 0 Å². The lowest BCUT2D eigenvalue weighted by atomic mass is 10.0. The fraction of sp³-hybridized carbons (Fsp3) is 0.500. The molecule has 5 heteroatoms. The summed E-state index contributed by atoms with van der Waals surface area (Å²) in [5, 5.41) is 2.86. The number of hydrogen-bond donors (Lipinski definition) is 1. The molecular weight excluding hydrogens is 311 g/mol. The maximum atomic E-state index is 13.3. The first kappa shape index (κ1) is 14.3. The Kier molecular flexibility index (Phi) is 4.45. The van der Waals surface area contributed by atoms with Crippen LogP contribution in [0.15, 0.2) is 16.6 Å². The Labute approximate surface area is 121 Å². The quantitative estimate of drug-likeness (QED) is 0.824. The normalized spacial score (nSPS) is 19.4. The second-order valence-corrected chi connectivity index (χ2v) is 6.06. The molecule has 1 heterocycles. The Morgan fingerprint density at radius 1 is 1.53 bits per heavy atom. The molecule has 0 saturated carbocycles. The molecule has 1 atom stereocenters. The van der Waals surface area contributed by atoms with E-state index in [1.54, 1.807) is 13.0 Å². The second kappa shape index (κ2) is 5.90. The van der Waals surface area contributed by atoms with Crippen LogP contribution in [-0.4, -0.2) is 24.0 Å². The highest BCUT2D eigenvalue weighted by atomic mass is 79.9. The monoisotopic (exact) mass is 328 g/mol. The van der Waals surface area contributed by atoms with E-state index in [4.69, 9.17) is 0 Å². The van der Waals surface area contributed by atoms with E-state index in [0.29, 0.717) is 16.1 Å². The van der Waals surface area contributed by atoms with Crippen molar-refractivity contribution in [1.82, 2.24) is 4.90 Å². The van der Waals surface area contributed by atoms with Gasteiger partial charge in [-0.1, -0.05) is 6.92 Å². The Morgan fingerprint density at radius 2 is 2.26 bits per heavy atom. The van der Waals surface area contributed by atoms with Crippen LogP contribution in [0.3, 0.4) is 0 Å². The maximum Gasteiger partial charge on any atom is 0.321 e. The summed E-state index contributed by atoms with van der Waals surface area (Å²) >= 11 is 3.14. The molecule has 1 unspecified atom stereocenters. The van der Waals surface area contributed by atoms with Crippen molar-refractivity contribution < 1.29 is 9.18 Å². The summed E-state index contributed by atoms with van der Waals surface area (Å²) in [4.78, 5) is 14.0. The highest BCUT2D eigenvalue weighted by molar-refractivity contribution is 9.10. The number of benzene rings is 1. The minimum Gasteiger partial charge on any atom is -0.324 e. The molecule has 1 N–H and O–H groups in total. The van der Waals surface area contributed by atoms with Crippen molar-refractivity contribution in [1.29, 1.82) is 0 Å². The number of piperidine rings is 1. The molecule has 0 spiro atoms. The summed E-state index contributed by atoms with van der Waals surface area (Å²) in [6.07, 6.45) is 2.21. The molecule has 0 aromatic heterocycles. The standard InChI is InChI=1S/C14H18BrFN2O/c1-9-4-3-5-18(8-9)14(19)17-13-7-11(15)12(16)6-10(13)2/h6-7,9H,3-5,8H2,1-2H3,(H,17,19). The highest BCUT2D eigenvalue weighted by Crippen LogP contribution is 2.25. The Morgan fingerprint density at radius 3 is 2.95 bits per heavy atom. The first-order valence-corrected chi connectivity index (χ1v) is 7.28. The molecule has 3 nitrogen and oxygen atoms in total. The molecule has 104 valence electrons. The number of halogens is 2. The summed E-state index contributed by atoms with van der Waals surface area (Å²) in [5.74, 6) is 0.225. The fourth-order valence-corrected chi connectivity index (χ4v) is 2.69. The summed E-state index contributed by atoms with van der Waals surface area (Å²) in [6.45, 7) is 5.51. The van der Waals surface area contributed by atoms with Gasteiger partial charge in [-0.25, -0.2) is 9.18 Å². The Balaban J connectivity index is 2.08. The molecule has 1 aliphatic rings. The van der Waals surface area contributed by atoms with Crippen LogP contribution >= 0.6 is 15.9 Å². The lowest BCUT2D eigenvalue weighted by Crippen LogP contribution is -2.41. The molecule has 1 fully saturated rings. The lowest BCUT2D eigenvalue weighted by Gasteiger charge is -2.31. The van der Waals surface area contributed by atoms with E-state index < -0.39 is 0 Å². The van der Waals surface area contributed by atoms with E-state index in [2.05, 4.69) is 28.2 Å². The predicted molar refractivity (Wildman–Crippen MR) is 77.8 cm³/mol. The molecule has 19 heavy (non-hydrogen) atoms. The third-order valence-electron chi connectivity index (χ3n) is 3.45. The van der Waals surface area contributed by atoms with Gasteiger partial charge in [0, 0.05) is 18.8 Å². The molecule has 0 bridgehead atoms. The second-order valence-electron chi connectivity index (χ2n) is 5.20. The van der Waals surface area contributed by atoms with Gasteiger partial charge in [-0.05, 0) is 59.3 Å². The van der Waals surface area contributed by atoms with E-state index in [1.165, 1.54) is 12.5 Å². The number of carbonyl (C=O) groups is 1. The number of carbonyl (C=O) groups excluding carboxylic acids is 1. The first-order chi connectivity index (χ1) is 8.97. The molecule has 0 radical (unpaired) electrons. The number of amides is 2. The SMILES string of the molecule is Cc1cc(F)c(Br)cc1NC(=O)N1CCCC(C)C1. The average Bonchev–Trinajstić information content (AvgIpc) is 2.36. The molecule has 1 aromatic carbocycles. The van der Waals surface area contributed by atoms with E-state index >= 15 is 0 Å². The summed E-state index contributed by atoms with van der Waals surface area (Å²) in [7, 11) is 0. The molecular formula is C14H18BrFN2O. The summed E-state index contributed by atoms with van der Waals surface area (Å²) in [5.41, 5.74) is 1.37. The molecule has 1 aliphatic heterocycles. The molecule has 2 rings (SSSR count). The van der Waals surface area contributed by atoms with Gasteiger partial charge in [-0.15, -0.1) is 0 Å². The van der Waals surface area contributed by atoms with Crippen LogP contribution in [0.2, 0.25) is 0 Å². The molecule has 1 aromatic rings. The number of rotatable bonds is 1. The van der Waals surface area contributed by atoms with Crippen LogP contribution in [-0.2, 0) is 0 Å². The van der Waals surface area contributed by atoms with Gasteiger partial charge in [0.1, 0.15) is 5.82 Å². The molecule has 1 saturated heterocycles. The number of urea groups is 1. The van der Waals surface area contributed by atoms with Crippen LogP contribution in [0.4, 0.5) is 14.9 Å². The van der Waals surface area contributed by atoms with Crippen LogP contribution in [0.25, 0.3) is 0 Å². The number of likely N-dealkylation sites (tertiary alicyclic amines) is 1. The van der Waals surface area contributed by atoms with Crippen molar-refractivity contribution in [3.05, 3.63) is 28.0 Å². The van der Waals surface area contributed by atoms with Crippen LogP contribution in [0.1, 0.15) is 25.3 Å². The average molecular weight is 329 g/mol. The fourth-order valence-electron chi connectivity index (χ4n) is 2.35. The van der Waals surface area contributed by atoms with Gasteiger partial charge >= 0.3 is 6.03 Å². The molecule has 0 aliphatic carbocycles. The molecule has 2 amide bonds. The third kappa shape index (κ3) is 3.47. The topological polar surface area (TPSA) is 32.3 Å².